The van der Waals surface area contributed by atoms with Crippen LogP contribution in [0.4, 0.5) is 18.9 Å². The Morgan fingerprint density at radius 3 is 2.23 bits per heavy atom. The Hall–Kier alpha value is -2.81. The first-order valence-corrected chi connectivity index (χ1v) is 9.34. The summed E-state index contributed by atoms with van der Waals surface area (Å²) in [5.41, 5.74) is -1.17. The Morgan fingerprint density at radius 2 is 1.70 bits per heavy atom. The first-order chi connectivity index (χ1) is 14.0. The van der Waals surface area contributed by atoms with E-state index in [2.05, 4.69) is 23.8 Å². The van der Waals surface area contributed by atoms with Gasteiger partial charge in [-0.1, -0.05) is 23.8 Å². The predicted molar refractivity (Wildman–Crippen MR) is 109 cm³/mol. The van der Waals surface area contributed by atoms with Gasteiger partial charge in [0.05, 0.1) is 10.6 Å². The zero-order chi connectivity index (χ0) is 22.9. The quantitative estimate of drug-likeness (QED) is 0.538. The molecular weight excluding hydrogens is 423 g/mol. The maximum atomic E-state index is 12.9. The van der Waals surface area contributed by atoms with Crippen LogP contribution in [0.25, 0.3) is 0 Å². The molecular formula is C20H23ClF3N3O3. The van der Waals surface area contributed by atoms with E-state index >= 15 is 0 Å². The molecule has 0 saturated carbocycles. The van der Waals surface area contributed by atoms with E-state index in [-0.39, 0.29) is 37.5 Å². The number of benzene rings is 1. The van der Waals surface area contributed by atoms with Crippen LogP contribution in [0.1, 0.15) is 25.3 Å². The summed E-state index contributed by atoms with van der Waals surface area (Å²) >= 11 is 5.53. The van der Waals surface area contributed by atoms with Gasteiger partial charge in [-0.15, -0.1) is 13.2 Å². The molecule has 1 rings (SSSR count). The maximum absolute atomic E-state index is 12.9. The van der Waals surface area contributed by atoms with Gasteiger partial charge in [-0.2, -0.15) is 13.2 Å². The monoisotopic (exact) mass is 445 g/mol. The van der Waals surface area contributed by atoms with Crippen molar-refractivity contribution in [2.24, 2.45) is 0 Å². The summed E-state index contributed by atoms with van der Waals surface area (Å²) in [6.07, 6.45) is -2.10. The highest BCUT2D eigenvalue weighted by Crippen LogP contribution is 2.36. The molecule has 0 aliphatic rings. The zero-order valence-electron chi connectivity index (χ0n) is 16.4. The number of rotatable bonds is 10. The molecule has 1 atom stereocenters. The van der Waals surface area contributed by atoms with Gasteiger partial charge in [0.1, 0.15) is 6.04 Å². The van der Waals surface area contributed by atoms with E-state index < -0.39 is 34.6 Å². The van der Waals surface area contributed by atoms with E-state index in [9.17, 15) is 27.6 Å². The second-order valence-corrected chi connectivity index (χ2v) is 6.76. The second kappa shape index (κ2) is 11.4. The SMILES string of the molecule is C=CCN(CC=C)C(=O)C(C)NC(=O)CCC(=O)Nc1ccc(Cl)c(C(F)(F)F)c1. The topological polar surface area (TPSA) is 78.5 Å². The third kappa shape index (κ3) is 7.90. The van der Waals surface area contributed by atoms with Gasteiger partial charge in [-0.05, 0) is 25.1 Å². The molecule has 164 valence electrons. The van der Waals surface area contributed by atoms with Crippen molar-refractivity contribution in [3.8, 4) is 0 Å². The molecule has 0 bridgehead atoms. The smallest absolute Gasteiger partial charge is 0.345 e. The van der Waals surface area contributed by atoms with Gasteiger partial charge in [0, 0.05) is 31.6 Å². The van der Waals surface area contributed by atoms with E-state index in [1.807, 2.05) is 0 Å². The fraction of sp³-hybridized carbons (Fsp3) is 0.350. The summed E-state index contributed by atoms with van der Waals surface area (Å²) in [6, 6.07) is 2.14. The summed E-state index contributed by atoms with van der Waals surface area (Å²) in [5, 5.41) is 4.29. The zero-order valence-corrected chi connectivity index (χ0v) is 17.1. The van der Waals surface area contributed by atoms with Crippen LogP contribution in [-0.2, 0) is 20.6 Å². The molecule has 10 heteroatoms. The van der Waals surface area contributed by atoms with Crippen LogP contribution in [0.5, 0.6) is 0 Å². The van der Waals surface area contributed by atoms with Gasteiger partial charge in [0.25, 0.3) is 0 Å². The van der Waals surface area contributed by atoms with Crippen LogP contribution in [-0.4, -0.2) is 41.8 Å². The Labute approximate surface area is 177 Å². The number of anilines is 1. The number of nitrogens with zero attached hydrogens (tertiary/aromatic N) is 1. The van der Waals surface area contributed by atoms with Gasteiger partial charge in [-0.3, -0.25) is 14.4 Å². The van der Waals surface area contributed by atoms with Crippen molar-refractivity contribution >= 4 is 35.0 Å². The average Bonchev–Trinajstić information content (AvgIpc) is 2.66. The highest BCUT2D eigenvalue weighted by atomic mass is 35.5. The number of carbonyl (C=O) groups excluding carboxylic acids is 3. The molecule has 0 saturated heterocycles. The molecule has 1 unspecified atom stereocenters. The third-order valence-electron chi connectivity index (χ3n) is 3.89. The standard InChI is InChI=1S/C20H23ClF3N3O3/c1-4-10-27(11-5-2)19(30)13(3)25-17(28)8-9-18(29)26-14-6-7-16(21)15(12-14)20(22,23)24/h4-7,12-13H,1-2,8-11H2,3H3,(H,25,28)(H,26,29). The molecule has 0 aliphatic heterocycles. The Bertz CT molecular complexity index is 802. The Kier molecular flexibility index (Phi) is 9.58. The van der Waals surface area contributed by atoms with Crippen molar-refractivity contribution in [3.63, 3.8) is 0 Å². The van der Waals surface area contributed by atoms with Crippen molar-refractivity contribution in [2.75, 3.05) is 18.4 Å². The molecule has 2 N–H and O–H groups in total. The fourth-order valence-electron chi connectivity index (χ4n) is 2.49. The summed E-state index contributed by atoms with van der Waals surface area (Å²) in [7, 11) is 0. The van der Waals surface area contributed by atoms with E-state index in [1.165, 1.54) is 17.9 Å². The molecule has 0 heterocycles. The van der Waals surface area contributed by atoms with Gasteiger partial charge in [0.2, 0.25) is 17.7 Å². The van der Waals surface area contributed by atoms with Gasteiger partial charge >= 0.3 is 6.18 Å². The average molecular weight is 446 g/mol. The third-order valence-corrected chi connectivity index (χ3v) is 4.22. The van der Waals surface area contributed by atoms with Crippen LogP contribution < -0.4 is 10.6 Å². The number of amides is 3. The van der Waals surface area contributed by atoms with E-state index in [0.29, 0.717) is 0 Å². The van der Waals surface area contributed by atoms with Gasteiger partial charge in [0.15, 0.2) is 0 Å². The summed E-state index contributed by atoms with van der Waals surface area (Å²) < 4.78 is 38.6. The molecule has 0 fully saturated rings. The summed E-state index contributed by atoms with van der Waals surface area (Å²) in [6.45, 7) is 9.20. The van der Waals surface area contributed by atoms with Gasteiger partial charge in [-0.25, -0.2) is 0 Å². The number of halogens is 4. The largest absolute Gasteiger partial charge is 0.417 e. The molecule has 6 nitrogen and oxygen atoms in total. The Morgan fingerprint density at radius 1 is 1.13 bits per heavy atom. The van der Waals surface area contributed by atoms with E-state index in [1.54, 1.807) is 12.2 Å². The molecule has 3 amide bonds. The van der Waals surface area contributed by atoms with Crippen molar-refractivity contribution in [1.82, 2.24) is 10.2 Å². The Balaban J connectivity index is 2.59. The molecule has 0 aliphatic carbocycles. The lowest BCUT2D eigenvalue weighted by Gasteiger charge is -2.23. The van der Waals surface area contributed by atoms with Crippen molar-refractivity contribution in [1.29, 1.82) is 0 Å². The minimum absolute atomic E-state index is 0.0924. The number of hydrogen-bond donors (Lipinski definition) is 2. The molecule has 0 radical (unpaired) electrons. The first-order valence-electron chi connectivity index (χ1n) is 8.96. The number of alkyl halides is 3. The lowest BCUT2D eigenvalue weighted by Crippen LogP contribution is -2.47. The van der Waals surface area contributed by atoms with Crippen LogP contribution in [0.3, 0.4) is 0 Å². The molecule has 0 aromatic heterocycles. The number of carbonyl (C=O) groups is 3. The first kappa shape index (κ1) is 25.2. The highest BCUT2D eigenvalue weighted by molar-refractivity contribution is 6.31. The minimum Gasteiger partial charge on any atom is -0.345 e. The minimum atomic E-state index is -4.66. The highest BCUT2D eigenvalue weighted by Gasteiger charge is 2.33. The number of hydrogen-bond acceptors (Lipinski definition) is 3. The lowest BCUT2D eigenvalue weighted by atomic mass is 10.2. The van der Waals surface area contributed by atoms with Crippen molar-refractivity contribution in [3.05, 3.63) is 54.1 Å². The lowest BCUT2D eigenvalue weighted by molar-refractivity contribution is -0.137. The normalized spacial score (nSPS) is 11.9. The van der Waals surface area contributed by atoms with Gasteiger partial charge < -0.3 is 15.5 Å². The van der Waals surface area contributed by atoms with E-state index in [0.717, 1.165) is 12.1 Å². The van der Waals surface area contributed by atoms with Crippen molar-refractivity contribution in [2.45, 2.75) is 32.0 Å². The maximum Gasteiger partial charge on any atom is 0.417 e. The van der Waals surface area contributed by atoms with Crippen LogP contribution in [0.2, 0.25) is 5.02 Å². The van der Waals surface area contributed by atoms with Crippen molar-refractivity contribution < 1.29 is 27.6 Å². The fourth-order valence-corrected chi connectivity index (χ4v) is 2.71. The summed E-state index contributed by atoms with van der Waals surface area (Å²) in [4.78, 5) is 37.7. The predicted octanol–water partition coefficient (Wildman–Crippen LogP) is 3.78. The molecule has 0 spiro atoms. The van der Waals surface area contributed by atoms with E-state index in [4.69, 9.17) is 11.6 Å². The second-order valence-electron chi connectivity index (χ2n) is 6.35. The molecule has 1 aromatic carbocycles. The van der Waals surface area contributed by atoms with Crippen LogP contribution in [0, 0.1) is 0 Å². The summed E-state index contributed by atoms with van der Waals surface area (Å²) in [5.74, 6) is -1.54. The molecule has 30 heavy (non-hydrogen) atoms. The molecule has 1 aromatic rings. The van der Waals surface area contributed by atoms with Crippen LogP contribution >= 0.6 is 11.6 Å². The number of nitrogens with one attached hydrogen (secondary N) is 2. The van der Waals surface area contributed by atoms with Crippen LogP contribution in [0.15, 0.2) is 43.5 Å².